The van der Waals surface area contributed by atoms with E-state index in [1.54, 1.807) is 146 Å². The van der Waals surface area contributed by atoms with E-state index in [0.29, 0.717) is 36.8 Å². The van der Waals surface area contributed by atoms with Crippen LogP contribution in [0.5, 0.6) is 0 Å². The second kappa shape index (κ2) is 45.8. The van der Waals surface area contributed by atoms with Crippen molar-refractivity contribution in [2.75, 3.05) is 42.6 Å². The maximum atomic E-state index is 14.0. The van der Waals surface area contributed by atoms with Crippen molar-refractivity contribution in [2.45, 2.75) is 58.6 Å². The molecule has 5 N–H and O–H groups in total. The maximum absolute atomic E-state index is 14.0. The number of rotatable bonds is 27. The molecule has 0 spiro atoms. The minimum absolute atomic E-state index is 0.0215. The fraction of sp³-hybridized carbons (Fsp3) is 0.0680. The molecule has 15 rings (SSSR count). The Balaban J connectivity index is 0.000000163. The van der Waals surface area contributed by atoms with Crippen molar-refractivity contribution in [3.05, 3.63) is 466 Å². The van der Waals surface area contributed by atoms with Gasteiger partial charge in [0.15, 0.2) is 28.9 Å². The van der Waals surface area contributed by atoms with Crippen LogP contribution >= 0.6 is 62.3 Å². The molecule has 15 aromatic carbocycles. The lowest BCUT2D eigenvalue weighted by Crippen LogP contribution is -2.16. The number of halogens is 8. The lowest BCUT2D eigenvalue weighted by Gasteiger charge is -2.18. The summed E-state index contributed by atoms with van der Waals surface area (Å²) in [7, 11) is -14.6. The van der Waals surface area contributed by atoms with Gasteiger partial charge in [-0.1, -0.05) is 232 Å². The number of carbonyl (C=O) groups excluding carboxylic acids is 5. The number of nitrogens with zero attached hydrogens (tertiary/aromatic N) is 1. The van der Waals surface area contributed by atoms with Gasteiger partial charge in [0.25, 0.3) is 40.1 Å². The highest BCUT2D eigenvalue weighted by Crippen LogP contribution is 2.35. The summed E-state index contributed by atoms with van der Waals surface area (Å²) in [6, 6.07) is 89.0. The van der Waals surface area contributed by atoms with Gasteiger partial charge in [0.05, 0.1) is 74.4 Å². The van der Waals surface area contributed by atoms with Gasteiger partial charge in [-0.2, -0.15) is 0 Å². The molecule has 0 aliphatic heterocycles. The Labute approximate surface area is 816 Å². The van der Waals surface area contributed by atoms with Crippen LogP contribution in [0.4, 0.5) is 47.3 Å². The zero-order chi connectivity index (χ0) is 98.6. The van der Waals surface area contributed by atoms with Gasteiger partial charge in [0.1, 0.15) is 17.5 Å². The fourth-order valence-electron chi connectivity index (χ4n) is 12.9. The normalized spacial score (nSPS) is 11.5. The minimum atomic E-state index is -3.94. The van der Waals surface area contributed by atoms with Gasteiger partial charge in [0, 0.05) is 88.2 Å². The van der Waals surface area contributed by atoms with Crippen molar-refractivity contribution >= 4 is 181 Å². The Morgan fingerprint density at radius 2 is 0.551 bits per heavy atom. The van der Waals surface area contributed by atoms with E-state index in [-0.39, 0.29) is 108 Å². The summed E-state index contributed by atoms with van der Waals surface area (Å²) < 4.78 is 170. The number of nitrogens with one attached hydrogen (secondary N) is 5. The molecule has 0 aromatic heterocycles. The van der Waals surface area contributed by atoms with E-state index in [1.807, 2.05) is 71.0 Å². The highest BCUT2D eigenvalue weighted by Gasteiger charge is 2.28. The second-order valence-corrected chi connectivity index (χ2v) is 41.7. The number of aryl methyl sites for hydroxylation is 4. The van der Waals surface area contributed by atoms with Crippen molar-refractivity contribution < 1.29 is 75.0 Å². The van der Waals surface area contributed by atoms with Gasteiger partial charge in [0.2, 0.25) is 0 Å². The van der Waals surface area contributed by atoms with E-state index in [1.165, 1.54) is 158 Å². The van der Waals surface area contributed by atoms with Crippen molar-refractivity contribution in [2.24, 2.45) is 0 Å². The first kappa shape index (κ1) is 103. The molecule has 0 radical (unpaired) electrons. The molecular weight excluding hydrogens is 1980 g/mol. The van der Waals surface area contributed by atoms with Gasteiger partial charge in [-0.25, -0.2) is 51.1 Å². The number of ketones is 5. The largest absolute Gasteiger partial charge is 0.378 e. The average Bonchev–Trinajstić information content (AvgIpc) is 0.790. The van der Waals surface area contributed by atoms with Crippen LogP contribution in [0, 0.1) is 38.2 Å². The molecule has 0 fully saturated rings. The van der Waals surface area contributed by atoms with Crippen molar-refractivity contribution in [1.29, 1.82) is 0 Å². The first-order valence-electron chi connectivity index (χ1n) is 40.9. The van der Waals surface area contributed by atoms with Crippen molar-refractivity contribution in [1.82, 2.24) is 0 Å². The standard InChI is InChI=1S/C22H21ClN2O2S.C21H17ClFNO3S.C20H16BrNO3S.2C20H15ClFNO3S/c1-25(2)18-10-12-19(13-11-18)28(3,27)24-21-14-9-17(23)15-20(21)22(26)16-7-5-4-6-8-16;1-2-14-7-10-16(11-8-14)28(26,27)24-20-12-9-15(22)13-18(20)21(25)17-5-3-4-6-19(17)23;1-14-7-10-17(11-8-14)26(24,25)22-19-12-9-16(21)13-18(19)20(23)15-5-3-2-4-6-15;2*1-13-6-9-15(10-7-13)27(25,26)23-19-11-8-14(21)12-17(19)20(24)16-4-2-3-5-18(16)22/h4-15H,3H2,1-2H3,(H,24,27);3-13,24H,2H2,1H3;2-13,22H,1H3;2*2-12,23H,1H3. The SMILES string of the molecule is C=S(=O)(Nc1ccc(Cl)cc1C(=O)c1ccccc1)c1ccc(N(C)C)cc1.CCc1ccc(S(=O)(=O)Nc2ccc(Cl)cc2C(=O)c2ccccc2F)cc1.Cc1ccc(S(=O)(=O)Nc2ccc(Br)cc2C(=O)c2ccccc2)cc1.Cc1ccc(S(=O)(=O)Nc2ccc(Cl)cc2C(=O)c2ccccc2F)cc1.Cc1ccc(S(=O)(=O)Nc2ccc(Cl)cc2C(=O)c2ccccc2F)cc1. The highest BCUT2D eigenvalue weighted by atomic mass is 79.9. The summed E-state index contributed by atoms with van der Waals surface area (Å²) in [5.41, 5.74) is 6.53. The molecule has 20 nitrogen and oxygen atoms in total. The molecule has 136 heavy (non-hydrogen) atoms. The van der Waals surface area contributed by atoms with Crippen LogP contribution in [0.25, 0.3) is 0 Å². The lowest BCUT2D eigenvalue weighted by molar-refractivity contribution is 0.102. The smallest absolute Gasteiger partial charge is 0.261 e. The molecule has 33 heteroatoms. The minimum Gasteiger partial charge on any atom is -0.378 e. The molecule has 0 amide bonds. The van der Waals surface area contributed by atoms with Crippen LogP contribution in [0.3, 0.4) is 0 Å². The van der Waals surface area contributed by atoms with Crippen LogP contribution in [0.2, 0.25) is 20.1 Å². The summed E-state index contributed by atoms with van der Waals surface area (Å²) in [6.07, 6.45) is 0.784. The van der Waals surface area contributed by atoms with Crippen LogP contribution in [0.1, 0.15) is 109 Å². The van der Waals surface area contributed by atoms with Gasteiger partial charge in [-0.05, 0) is 239 Å². The predicted molar refractivity (Wildman–Crippen MR) is 540 cm³/mol. The quantitative estimate of drug-likeness (QED) is 0.0236. The van der Waals surface area contributed by atoms with Crippen LogP contribution in [-0.4, -0.2) is 86.8 Å². The molecule has 0 heterocycles. The zero-order valence-electron chi connectivity index (χ0n) is 73.1. The molecular formula is C103H84BrCl4F3N6O14S5. The van der Waals surface area contributed by atoms with E-state index in [4.69, 9.17) is 46.4 Å². The Hall–Kier alpha value is -13.3. The number of hydrogen-bond acceptors (Lipinski definition) is 15. The molecule has 696 valence electrons. The fourth-order valence-corrected chi connectivity index (χ4v) is 19.5. The topological polar surface area (TPSA) is 302 Å². The maximum Gasteiger partial charge on any atom is 0.261 e. The van der Waals surface area contributed by atoms with E-state index in [2.05, 4.69) is 45.4 Å². The van der Waals surface area contributed by atoms with Crippen LogP contribution in [0.15, 0.2) is 375 Å². The third kappa shape index (κ3) is 27.3. The molecule has 0 aliphatic carbocycles. The summed E-state index contributed by atoms with van der Waals surface area (Å²) in [5, 5.41) is 1.12. The van der Waals surface area contributed by atoms with Gasteiger partial charge in [-0.3, -0.25) is 42.9 Å². The summed E-state index contributed by atoms with van der Waals surface area (Å²) in [6.45, 7) is 7.54. The highest BCUT2D eigenvalue weighted by molar-refractivity contribution is 9.10. The monoisotopic (exact) mass is 2060 g/mol. The molecule has 0 saturated heterocycles. The number of benzene rings is 15. The van der Waals surface area contributed by atoms with Gasteiger partial charge >= 0.3 is 0 Å². The second-order valence-electron chi connectivity index (χ2n) is 30.3. The Kier molecular flexibility index (Phi) is 34.8. The summed E-state index contributed by atoms with van der Waals surface area (Å²) in [4.78, 5) is 66.9. The lowest BCUT2D eigenvalue weighted by atomic mass is 10.0. The van der Waals surface area contributed by atoms with Crippen LogP contribution in [-0.2, 0) is 56.2 Å². The Morgan fingerprint density at radius 1 is 0.301 bits per heavy atom. The van der Waals surface area contributed by atoms with Gasteiger partial charge < -0.3 is 9.62 Å². The third-order valence-electron chi connectivity index (χ3n) is 20.2. The summed E-state index contributed by atoms with van der Waals surface area (Å²) >= 11 is 27.4. The zero-order valence-corrected chi connectivity index (χ0v) is 81.7. The van der Waals surface area contributed by atoms with E-state index < -0.39 is 84.6 Å². The molecule has 1 unspecified atom stereocenters. The van der Waals surface area contributed by atoms with E-state index >= 15 is 0 Å². The molecule has 0 bridgehead atoms. The molecule has 0 saturated carbocycles. The Bertz CT molecular complexity index is 7400. The van der Waals surface area contributed by atoms with Crippen LogP contribution < -0.4 is 28.5 Å². The average molecular weight is 2070 g/mol. The Morgan fingerprint density at radius 3 is 0.838 bits per heavy atom. The van der Waals surface area contributed by atoms with E-state index in [9.17, 15) is 75.0 Å². The van der Waals surface area contributed by atoms with Gasteiger partial charge in [-0.15, -0.1) is 0 Å². The number of anilines is 6. The number of carbonyl (C=O) groups is 5. The van der Waals surface area contributed by atoms with Crippen molar-refractivity contribution in [3.8, 4) is 0 Å². The number of sulfonamides is 4. The number of hydrogen-bond donors (Lipinski definition) is 5. The molecule has 0 aliphatic rings. The summed E-state index contributed by atoms with van der Waals surface area (Å²) in [5.74, 6) is -0.698. The molecule has 1 atom stereocenters. The first-order chi connectivity index (χ1) is 64.5. The van der Waals surface area contributed by atoms with E-state index in [0.717, 1.165) is 52.6 Å². The predicted octanol–water partition coefficient (Wildman–Crippen LogP) is 24.2. The third-order valence-corrected chi connectivity index (χ3v) is 28.7. The first-order valence-corrected chi connectivity index (χ1v) is 50.9. The van der Waals surface area contributed by atoms with Crippen molar-refractivity contribution in [3.63, 3.8) is 0 Å². The molecule has 15 aromatic rings.